The number of carbonyl (C=O) groups excluding carboxylic acids is 1. The minimum atomic E-state index is -0.468. The van der Waals surface area contributed by atoms with Gasteiger partial charge in [0.05, 0.1) is 0 Å². The van der Waals surface area contributed by atoms with Crippen molar-refractivity contribution in [2.75, 3.05) is 12.3 Å². The second kappa shape index (κ2) is 7.04. The molecule has 1 amide bonds. The molecule has 7 heteroatoms. The van der Waals surface area contributed by atoms with E-state index in [0.29, 0.717) is 10.3 Å². The Morgan fingerprint density at radius 3 is 2.86 bits per heavy atom. The van der Waals surface area contributed by atoms with Crippen molar-refractivity contribution in [3.8, 4) is 0 Å². The van der Waals surface area contributed by atoms with Crippen molar-refractivity contribution in [3.63, 3.8) is 0 Å². The number of amides is 1. The molecule has 22 heavy (non-hydrogen) atoms. The van der Waals surface area contributed by atoms with Crippen LogP contribution in [0.3, 0.4) is 0 Å². The average Bonchev–Trinajstić information content (AvgIpc) is 2.81. The molecule has 5 nitrogen and oxygen atoms in total. The van der Waals surface area contributed by atoms with Crippen molar-refractivity contribution < 1.29 is 9.53 Å². The molecule has 1 aliphatic rings. The quantitative estimate of drug-likeness (QED) is 0.473. The lowest BCUT2D eigenvalue weighted by Gasteiger charge is -2.28. The van der Waals surface area contributed by atoms with Gasteiger partial charge in [-0.1, -0.05) is 23.4 Å². The predicted molar refractivity (Wildman–Crippen MR) is 88.5 cm³/mol. The SMILES string of the molecule is Cc1cc(Cl)nc(SC[C@H]2CCCN2C(=O)OC(C)(C)C)n1. The van der Waals surface area contributed by atoms with E-state index in [1.807, 2.05) is 32.6 Å². The van der Waals surface area contributed by atoms with Gasteiger partial charge in [0, 0.05) is 24.0 Å². The summed E-state index contributed by atoms with van der Waals surface area (Å²) in [5.74, 6) is 0.749. The summed E-state index contributed by atoms with van der Waals surface area (Å²) in [5.41, 5.74) is 0.378. The molecule has 0 N–H and O–H groups in total. The van der Waals surface area contributed by atoms with Gasteiger partial charge in [-0.2, -0.15) is 0 Å². The van der Waals surface area contributed by atoms with Gasteiger partial charge in [-0.05, 0) is 46.6 Å². The lowest BCUT2D eigenvalue weighted by molar-refractivity contribution is 0.0242. The van der Waals surface area contributed by atoms with E-state index in [1.165, 1.54) is 11.8 Å². The largest absolute Gasteiger partial charge is 0.444 e. The highest BCUT2D eigenvalue weighted by Gasteiger charge is 2.32. The minimum absolute atomic E-state index is 0.155. The first-order valence-corrected chi connectivity index (χ1v) is 8.74. The van der Waals surface area contributed by atoms with Gasteiger partial charge < -0.3 is 9.64 Å². The third-order valence-electron chi connectivity index (χ3n) is 3.21. The van der Waals surface area contributed by atoms with E-state index in [-0.39, 0.29) is 12.1 Å². The van der Waals surface area contributed by atoms with Crippen molar-refractivity contribution in [1.29, 1.82) is 0 Å². The number of hydrogen-bond donors (Lipinski definition) is 0. The first-order chi connectivity index (χ1) is 10.2. The molecule has 0 radical (unpaired) electrons. The molecular weight excluding hydrogens is 322 g/mol. The summed E-state index contributed by atoms with van der Waals surface area (Å²) >= 11 is 7.48. The molecule has 1 aromatic heterocycles. The van der Waals surface area contributed by atoms with E-state index in [0.717, 1.165) is 30.8 Å². The van der Waals surface area contributed by atoms with E-state index in [2.05, 4.69) is 9.97 Å². The zero-order valence-electron chi connectivity index (χ0n) is 13.4. The lowest BCUT2D eigenvalue weighted by Crippen LogP contribution is -2.40. The van der Waals surface area contributed by atoms with E-state index < -0.39 is 5.60 Å². The number of aromatic nitrogens is 2. The van der Waals surface area contributed by atoms with Crippen molar-refractivity contribution in [2.45, 2.75) is 57.3 Å². The molecule has 0 aromatic carbocycles. The molecule has 2 heterocycles. The Bertz CT molecular complexity index is 528. The van der Waals surface area contributed by atoms with Gasteiger partial charge >= 0.3 is 6.09 Å². The van der Waals surface area contributed by atoms with Crippen molar-refractivity contribution in [1.82, 2.24) is 14.9 Å². The summed E-state index contributed by atoms with van der Waals surface area (Å²) in [7, 11) is 0. The number of carbonyl (C=O) groups is 1. The van der Waals surface area contributed by atoms with E-state index in [4.69, 9.17) is 16.3 Å². The zero-order valence-corrected chi connectivity index (χ0v) is 15.0. The number of ether oxygens (including phenoxy) is 1. The monoisotopic (exact) mass is 343 g/mol. The maximum Gasteiger partial charge on any atom is 0.410 e. The van der Waals surface area contributed by atoms with Gasteiger partial charge in [0.25, 0.3) is 0 Å². The molecule has 1 aromatic rings. The van der Waals surface area contributed by atoms with Gasteiger partial charge in [0.2, 0.25) is 0 Å². The average molecular weight is 344 g/mol. The normalized spacial score (nSPS) is 18.6. The predicted octanol–water partition coefficient (Wildman–Crippen LogP) is 3.93. The summed E-state index contributed by atoms with van der Waals surface area (Å²) in [6.07, 6.45) is 1.74. The summed E-state index contributed by atoms with van der Waals surface area (Å²) in [5, 5.41) is 1.10. The van der Waals surface area contributed by atoms with Crippen LogP contribution in [-0.2, 0) is 4.74 Å². The standard InChI is InChI=1S/C15H22ClN3O2S/c1-10-8-12(16)18-13(17-10)22-9-11-6-5-7-19(11)14(20)21-15(2,3)4/h8,11H,5-7,9H2,1-4H3/t11-/m1/s1. The second-order valence-electron chi connectivity index (χ2n) is 6.40. The number of halogens is 1. The van der Waals surface area contributed by atoms with Crippen molar-refractivity contribution in [2.24, 2.45) is 0 Å². The number of hydrogen-bond acceptors (Lipinski definition) is 5. The van der Waals surface area contributed by atoms with Crippen LogP contribution in [0.25, 0.3) is 0 Å². The van der Waals surface area contributed by atoms with Crippen LogP contribution in [0.15, 0.2) is 11.2 Å². The molecule has 1 fully saturated rings. The van der Waals surface area contributed by atoms with E-state index in [1.54, 1.807) is 6.07 Å². The van der Waals surface area contributed by atoms with Crippen LogP contribution < -0.4 is 0 Å². The van der Waals surface area contributed by atoms with Crippen LogP contribution in [-0.4, -0.2) is 44.9 Å². The third-order valence-corrected chi connectivity index (χ3v) is 4.40. The van der Waals surface area contributed by atoms with Crippen LogP contribution in [0.5, 0.6) is 0 Å². The Morgan fingerprint density at radius 2 is 2.23 bits per heavy atom. The van der Waals surface area contributed by atoms with Crippen molar-refractivity contribution >= 4 is 29.5 Å². The topological polar surface area (TPSA) is 55.3 Å². The number of thioether (sulfide) groups is 1. The molecular formula is C15H22ClN3O2S. The van der Waals surface area contributed by atoms with Crippen LogP contribution >= 0.6 is 23.4 Å². The summed E-state index contributed by atoms with van der Waals surface area (Å²) < 4.78 is 5.47. The second-order valence-corrected chi connectivity index (χ2v) is 7.77. The lowest BCUT2D eigenvalue weighted by atomic mass is 10.2. The molecule has 2 rings (SSSR count). The molecule has 1 atom stereocenters. The van der Waals surface area contributed by atoms with Crippen LogP contribution in [0, 0.1) is 6.92 Å². The fourth-order valence-corrected chi connectivity index (χ4v) is 3.66. The molecule has 0 saturated carbocycles. The molecule has 1 saturated heterocycles. The van der Waals surface area contributed by atoms with Gasteiger partial charge in [0.1, 0.15) is 10.8 Å². The molecule has 0 unspecified atom stereocenters. The minimum Gasteiger partial charge on any atom is -0.444 e. The molecule has 0 spiro atoms. The zero-order chi connectivity index (χ0) is 16.3. The third kappa shape index (κ3) is 5.02. The molecule has 1 aliphatic heterocycles. The Balaban J connectivity index is 1.95. The van der Waals surface area contributed by atoms with Gasteiger partial charge in [-0.15, -0.1) is 0 Å². The first kappa shape index (κ1) is 17.3. The fourth-order valence-electron chi connectivity index (χ4n) is 2.31. The molecule has 122 valence electrons. The Kier molecular flexibility index (Phi) is 5.55. The molecule has 0 bridgehead atoms. The highest BCUT2D eigenvalue weighted by Crippen LogP contribution is 2.26. The van der Waals surface area contributed by atoms with E-state index in [9.17, 15) is 4.79 Å². The smallest absolute Gasteiger partial charge is 0.410 e. The highest BCUT2D eigenvalue weighted by molar-refractivity contribution is 7.99. The number of aryl methyl sites for hydroxylation is 1. The first-order valence-electron chi connectivity index (χ1n) is 7.38. The van der Waals surface area contributed by atoms with E-state index >= 15 is 0 Å². The summed E-state index contributed by atoms with van der Waals surface area (Å²) in [6.45, 7) is 8.28. The number of rotatable bonds is 3. The Labute approximate surface area is 140 Å². The van der Waals surface area contributed by atoms with Crippen molar-refractivity contribution in [3.05, 3.63) is 16.9 Å². The Hall–Kier alpha value is -1.01. The van der Waals surface area contributed by atoms with Gasteiger partial charge in [0.15, 0.2) is 5.16 Å². The maximum atomic E-state index is 12.2. The molecule has 0 aliphatic carbocycles. The summed E-state index contributed by atoms with van der Waals surface area (Å²) in [6, 6.07) is 1.89. The summed E-state index contributed by atoms with van der Waals surface area (Å²) in [4.78, 5) is 22.6. The fraction of sp³-hybridized carbons (Fsp3) is 0.667. The van der Waals surface area contributed by atoms with Gasteiger partial charge in [-0.3, -0.25) is 0 Å². The number of nitrogens with zero attached hydrogens (tertiary/aromatic N) is 3. The van der Waals surface area contributed by atoms with Crippen LogP contribution in [0.4, 0.5) is 4.79 Å². The van der Waals surface area contributed by atoms with Crippen LogP contribution in [0.1, 0.15) is 39.3 Å². The van der Waals surface area contributed by atoms with Gasteiger partial charge in [-0.25, -0.2) is 14.8 Å². The van der Waals surface area contributed by atoms with Crippen LogP contribution in [0.2, 0.25) is 5.15 Å². The maximum absolute atomic E-state index is 12.2. The highest BCUT2D eigenvalue weighted by atomic mass is 35.5. The number of likely N-dealkylation sites (tertiary alicyclic amines) is 1. The Morgan fingerprint density at radius 1 is 1.50 bits per heavy atom.